The van der Waals surface area contributed by atoms with Crippen molar-refractivity contribution < 1.29 is 5.89 Å². The maximum Gasteiger partial charge on any atom is 0.152 e. The van der Waals surface area contributed by atoms with Gasteiger partial charge >= 0.3 is 0 Å². The molecule has 1 aromatic rings. The van der Waals surface area contributed by atoms with Crippen LogP contribution in [0.5, 0.6) is 0 Å². The lowest BCUT2D eigenvalue weighted by atomic mass is 10.5. The molecule has 0 amide bonds. The highest BCUT2D eigenvalue weighted by molar-refractivity contribution is 6.30. The molecule has 0 saturated carbocycles. The Kier molecular flexibility index (Phi) is 0.770. The van der Waals surface area contributed by atoms with E-state index < -0.39 is 0 Å². The second-order valence-electron chi connectivity index (χ2n) is 1.16. The molecule has 0 aliphatic rings. The second kappa shape index (κ2) is 1.54. The van der Waals surface area contributed by atoms with Crippen LogP contribution in [-0.2, 0) is 0 Å². The Labute approximate surface area is 47.5 Å². The Bertz CT molecular complexity index is 178. The fraction of sp³-hybridized carbons (Fsp3) is 0.250. The standard InChI is InChI=1S/C4H4ClNO/c1-3-4(5)2-6-7-3/h2H,1H3/i2D. The van der Waals surface area contributed by atoms with Crippen LogP contribution < -0.4 is 0 Å². The van der Waals surface area contributed by atoms with E-state index in [0.717, 1.165) is 0 Å². The van der Waals surface area contributed by atoms with E-state index in [1.54, 1.807) is 6.92 Å². The first-order valence-electron chi connectivity index (χ1n) is 2.30. The summed E-state index contributed by atoms with van der Waals surface area (Å²) in [7, 11) is 0. The summed E-state index contributed by atoms with van der Waals surface area (Å²) in [6.07, 6.45) is 0.00386. The SMILES string of the molecule is [2H]c1noc(C)c1Cl. The minimum atomic E-state index is 0.00386. The minimum Gasteiger partial charge on any atom is -0.360 e. The zero-order valence-corrected chi connectivity index (χ0v) is 4.49. The maximum atomic E-state index is 6.90. The third-order valence-electron chi connectivity index (χ3n) is 0.635. The van der Waals surface area contributed by atoms with Crippen LogP contribution in [0.3, 0.4) is 0 Å². The molecule has 7 heavy (non-hydrogen) atoms. The van der Waals surface area contributed by atoms with Gasteiger partial charge in [0.2, 0.25) is 0 Å². The molecule has 1 aromatic heterocycles. The summed E-state index contributed by atoms with van der Waals surface area (Å²) in [5, 5.41) is 3.57. The van der Waals surface area contributed by atoms with E-state index in [1.165, 1.54) is 0 Å². The van der Waals surface area contributed by atoms with Crippen molar-refractivity contribution in [1.82, 2.24) is 5.16 Å². The monoisotopic (exact) mass is 118 g/mol. The predicted molar refractivity (Wildman–Crippen MR) is 26.2 cm³/mol. The summed E-state index contributed by atoms with van der Waals surface area (Å²) in [5.74, 6) is 0.497. The van der Waals surface area contributed by atoms with Crippen LogP contribution in [0.4, 0.5) is 0 Å². The fourth-order valence-corrected chi connectivity index (χ4v) is 0.319. The van der Waals surface area contributed by atoms with Crippen molar-refractivity contribution >= 4 is 11.6 Å². The molecule has 0 N–H and O–H groups in total. The van der Waals surface area contributed by atoms with Gasteiger partial charge in [-0.05, 0) is 6.92 Å². The van der Waals surface area contributed by atoms with Gasteiger partial charge in [0.05, 0.1) is 7.54 Å². The first-order valence-corrected chi connectivity index (χ1v) is 2.18. The van der Waals surface area contributed by atoms with Gasteiger partial charge in [0.15, 0.2) is 5.76 Å². The van der Waals surface area contributed by atoms with E-state index in [-0.39, 0.29) is 6.17 Å². The van der Waals surface area contributed by atoms with Crippen LogP contribution in [0, 0.1) is 6.92 Å². The Morgan fingerprint density at radius 3 is 3.00 bits per heavy atom. The highest BCUT2D eigenvalue weighted by Crippen LogP contribution is 2.10. The molecule has 1 heterocycles. The molecule has 38 valence electrons. The molecule has 0 aliphatic heterocycles. The van der Waals surface area contributed by atoms with E-state index in [2.05, 4.69) is 9.68 Å². The number of hydrogen-bond donors (Lipinski definition) is 0. The van der Waals surface area contributed by atoms with Gasteiger partial charge in [0.1, 0.15) is 5.02 Å². The normalized spacial score (nSPS) is 11.4. The lowest BCUT2D eigenvalue weighted by molar-refractivity contribution is 0.397. The van der Waals surface area contributed by atoms with Gasteiger partial charge in [0.25, 0.3) is 0 Å². The molecule has 0 spiro atoms. The van der Waals surface area contributed by atoms with Crippen molar-refractivity contribution in [3.63, 3.8) is 0 Å². The summed E-state index contributed by atoms with van der Waals surface area (Å²) < 4.78 is 11.4. The fourth-order valence-electron chi connectivity index (χ4n) is 0.250. The van der Waals surface area contributed by atoms with Crippen molar-refractivity contribution in [2.45, 2.75) is 6.92 Å². The average molecular weight is 119 g/mol. The molecule has 0 bridgehead atoms. The smallest absolute Gasteiger partial charge is 0.152 e. The number of aromatic nitrogens is 1. The van der Waals surface area contributed by atoms with Gasteiger partial charge < -0.3 is 4.52 Å². The lowest BCUT2D eigenvalue weighted by Gasteiger charge is -1.73. The summed E-state index contributed by atoms with van der Waals surface area (Å²) in [4.78, 5) is 0. The van der Waals surface area contributed by atoms with Gasteiger partial charge in [-0.25, -0.2) is 0 Å². The first-order chi connectivity index (χ1) is 3.72. The van der Waals surface area contributed by atoms with Gasteiger partial charge in [0, 0.05) is 0 Å². The minimum absolute atomic E-state index is 0.00386. The van der Waals surface area contributed by atoms with Crippen LogP contribution in [0.1, 0.15) is 7.13 Å². The second-order valence-corrected chi connectivity index (χ2v) is 1.54. The van der Waals surface area contributed by atoms with Gasteiger partial charge in [-0.1, -0.05) is 16.8 Å². The topological polar surface area (TPSA) is 26.0 Å². The molecule has 2 nitrogen and oxygen atoms in total. The Balaban J connectivity index is 3.19. The van der Waals surface area contributed by atoms with Crippen molar-refractivity contribution in [1.29, 1.82) is 0 Å². The molecule has 0 aromatic carbocycles. The Morgan fingerprint density at radius 2 is 2.86 bits per heavy atom. The third-order valence-corrected chi connectivity index (χ3v) is 0.986. The number of aryl methyl sites for hydroxylation is 1. The summed E-state index contributed by atoms with van der Waals surface area (Å²) in [6.45, 7) is 1.66. The van der Waals surface area contributed by atoms with E-state index >= 15 is 0 Å². The highest BCUT2D eigenvalue weighted by Gasteiger charge is 1.94. The number of rotatable bonds is 0. The molecule has 0 saturated heterocycles. The van der Waals surface area contributed by atoms with Gasteiger partial charge in [-0.3, -0.25) is 0 Å². The van der Waals surface area contributed by atoms with Crippen molar-refractivity contribution in [3.8, 4) is 0 Å². The molecular weight excluding hydrogens is 114 g/mol. The first kappa shape index (κ1) is 3.50. The highest BCUT2D eigenvalue weighted by atomic mass is 35.5. The number of hydrogen-bond acceptors (Lipinski definition) is 2. The zero-order valence-electron chi connectivity index (χ0n) is 4.73. The van der Waals surface area contributed by atoms with Crippen LogP contribution in [0.2, 0.25) is 5.02 Å². The maximum absolute atomic E-state index is 6.90. The summed E-state index contributed by atoms with van der Waals surface area (Å²) >= 11 is 5.45. The number of nitrogens with zero attached hydrogens (tertiary/aromatic N) is 1. The molecule has 1 rings (SSSR count). The predicted octanol–water partition coefficient (Wildman–Crippen LogP) is 1.64. The van der Waals surface area contributed by atoms with Crippen LogP contribution in [0.15, 0.2) is 10.7 Å². The van der Waals surface area contributed by atoms with Crippen molar-refractivity contribution in [2.24, 2.45) is 0 Å². The molecule has 3 heteroatoms. The van der Waals surface area contributed by atoms with Crippen molar-refractivity contribution in [3.05, 3.63) is 17.0 Å². The van der Waals surface area contributed by atoms with E-state index in [4.69, 9.17) is 13.0 Å². The van der Waals surface area contributed by atoms with E-state index in [1.807, 2.05) is 0 Å². The number of halogens is 1. The van der Waals surface area contributed by atoms with Crippen LogP contribution >= 0.6 is 11.6 Å². The largest absolute Gasteiger partial charge is 0.360 e. The Hall–Kier alpha value is -0.500. The average Bonchev–Trinajstić information content (AvgIpc) is 1.98. The summed E-state index contributed by atoms with van der Waals surface area (Å²) in [6, 6.07) is 0. The molecule has 0 aliphatic carbocycles. The van der Waals surface area contributed by atoms with Crippen molar-refractivity contribution in [2.75, 3.05) is 0 Å². The molecule has 0 atom stereocenters. The lowest BCUT2D eigenvalue weighted by Crippen LogP contribution is -1.56. The zero-order chi connectivity index (χ0) is 6.15. The molecular formula is C4H4ClNO. The molecule has 0 unspecified atom stereocenters. The van der Waals surface area contributed by atoms with Gasteiger partial charge in [-0.2, -0.15) is 0 Å². The van der Waals surface area contributed by atoms with Gasteiger partial charge in [-0.15, -0.1) is 0 Å². The van der Waals surface area contributed by atoms with E-state index in [9.17, 15) is 0 Å². The third kappa shape index (κ3) is 0.747. The quantitative estimate of drug-likeness (QED) is 0.518. The van der Waals surface area contributed by atoms with E-state index in [0.29, 0.717) is 10.8 Å². The Morgan fingerprint density at radius 1 is 2.14 bits per heavy atom. The van der Waals surface area contributed by atoms with Crippen LogP contribution in [0.25, 0.3) is 0 Å². The molecule has 0 radical (unpaired) electrons. The summed E-state index contributed by atoms with van der Waals surface area (Å²) in [5.41, 5.74) is 0. The molecule has 0 fully saturated rings. The van der Waals surface area contributed by atoms with Crippen LogP contribution in [-0.4, -0.2) is 5.16 Å².